The van der Waals surface area contributed by atoms with Crippen LogP contribution in [0.2, 0.25) is 0 Å². The van der Waals surface area contributed by atoms with E-state index in [1.807, 2.05) is 0 Å². The fourth-order valence-corrected chi connectivity index (χ4v) is 2.71. The first-order valence-corrected chi connectivity index (χ1v) is 6.24. The Labute approximate surface area is 98.4 Å². The fourth-order valence-electron chi connectivity index (χ4n) is 2.71. The highest BCUT2D eigenvalue weighted by atomic mass is 16.5. The summed E-state index contributed by atoms with van der Waals surface area (Å²) in [5, 5.41) is 0. The van der Waals surface area contributed by atoms with E-state index in [0.29, 0.717) is 6.23 Å². The molecule has 2 unspecified atom stereocenters. The predicted molar refractivity (Wildman–Crippen MR) is 65.8 cm³/mol. The zero-order valence-electron chi connectivity index (χ0n) is 10.4. The largest absolute Gasteiger partial charge is 0.329 e. The first-order chi connectivity index (χ1) is 7.74. The Morgan fingerprint density at radius 1 is 1.31 bits per heavy atom. The monoisotopic (exact) mass is 220 g/mol. The van der Waals surface area contributed by atoms with Gasteiger partial charge in [0.2, 0.25) is 0 Å². The van der Waals surface area contributed by atoms with Gasteiger partial charge < -0.3 is 4.74 Å². The van der Waals surface area contributed by atoms with Crippen molar-refractivity contribution < 1.29 is 9.22 Å². The Hall–Kier alpha value is -0.860. The molecule has 0 amide bonds. The molecule has 1 saturated heterocycles. The van der Waals surface area contributed by atoms with Crippen LogP contribution in [0.1, 0.15) is 25.3 Å². The van der Waals surface area contributed by atoms with Crippen LogP contribution >= 0.6 is 0 Å². The van der Waals surface area contributed by atoms with Gasteiger partial charge in [-0.25, -0.2) is 0 Å². The van der Waals surface area contributed by atoms with Crippen LogP contribution in [-0.4, -0.2) is 30.9 Å². The Balaban J connectivity index is 2.11. The van der Waals surface area contributed by atoms with E-state index < -0.39 is 0 Å². The Bertz CT molecular complexity index is 325. The topological polar surface area (TPSA) is 9.23 Å². The molecular weight excluding hydrogens is 198 g/mol. The van der Waals surface area contributed by atoms with Gasteiger partial charge in [0.1, 0.15) is 6.54 Å². The van der Waals surface area contributed by atoms with Gasteiger partial charge in [-0.15, -0.1) is 0 Å². The minimum Gasteiger partial charge on any atom is -0.329 e. The van der Waals surface area contributed by atoms with Crippen LogP contribution < -0.4 is 0 Å². The highest BCUT2D eigenvalue weighted by Crippen LogP contribution is 2.24. The molecular formula is C14H22NO+. The van der Waals surface area contributed by atoms with Crippen molar-refractivity contribution in [2.75, 3.05) is 20.2 Å². The second-order valence-electron chi connectivity index (χ2n) is 4.93. The number of benzene rings is 1. The highest BCUT2D eigenvalue weighted by molar-refractivity contribution is 5.13. The van der Waals surface area contributed by atoms with Crippen molar-refractivity contribution in [3.05, 3.63) is 35.9 Å². The summed E-state index contributed by atoms with van der Waals surface area (Å²) in [5.74, 6) is 0. The Morgan fingerprint density at radius 2 is 2.06 bits per heavy atom. The third-order valence-electron chi connectivity index (χ3n) is 3.55. The molecule has 0 N–H and O–H groups in total. The standard InChI is InChI=1S/C14H22NO/c1-3-14-15(2,10-7-11-16-14)12-13-8-5-4-6-9-13/h4-6,8-9,14H,3,7,10-12H2,1-2H3/q+1. The van der Waals surface area contributed by atoms with Crippen LogP contribution in [0, 0.1) is 0 Å². The third kappa shape index (κ3) is 2.45. The Morgan fingerprint density at radius 3 is 2.75 bits per heavy atom. The molecule has 1 aromatic carbocycles. The van der Waals surface area contributed by atoms with Crippen molar-refractivity contribution in [2.24, 2.45) is 0 Å². The van der Waals surface area contributed by atoms with Gasteiger partial charge in [-0.3, -0.25) is 4.48 Å². The van der Waals surface area contributed by atoms with Gasteiger partial charge in [0, 0.05) is 18.4 Å². The van der Waals surface area contributed by atoms with Gasteiger partial charge in [0.15, 0.2) is 6.23 Å². The number of quaternary nitrogens is 1. The molecule has 2 rings (SSSR count). The van der Waals surface area contributed by atoms with Crippen molar-refractivity contribution in [1.82, 2.24) is 0 Å². The molecule has 0 radical (unpaired) electrons. The molecule has 2 heteroatoms. The van der Waals surface area contributed by atoms with Crippen LogP contribution in [0.15, 0.2) is 30.3 Å². The minimum absolute atomic E-state index is 0.369. The van der Waals surface area contributed by atoms with Crippen LogP contribution in [0.25, 0.3) is 0 Å². The maximum Gasteiger partial charge on any atom is 0.193 e. The summed E-state index contributed by atoms with van der Waals surface area (Å²) in [6.45, 7) is 5.46. The number of ether oxygens (including phenoxy) is 1. The molecule has 0 aliphatic carbocycles. The molecule has 1 aliphatic heterocycles. The lowest BCUT2D eigenvalue weighted by molar-refractivity contribution is -0.974. The first-order valence-electron chi connectivity index (χ1n) is 6.24. The summed E-state index contributed by atoms with van der Waals surface area (Å²) in [4.78, 5) is 0. The van der Waals surface area contributed by atoms with E-state index in [1.165, 1.54) is 18.5 Å². The van der Waals surface area contributed by atoms with Gasteiger partial charge in [0.05, 0.1) is 20.2 Å². The lowest BCUT2D eigenvalue weighted by Crippen LogP contribution is -2.56. The predicted octanol–water partition coefficient (Wildman–Crippen LogP) is 2.79. The maximum atomic E-state index is 5.89. The SMILES string of the molecule is CCC1OCCC[N+]1(C)Cc1ccccc1. The van der Waals surface area contributed by atoms with Crippen molar-refractivity contribution in [3.8, 4) is 0 Å². The molecule has 16 heavy (non-hydrogen) atoms. The third-order valence-corrected chi connectivity index (χ3v) is 3.55. The normalized spacial score (nSPS) is 30.2. The van der Waals surface area contributed by atoms with Crippen LogP contribution in [0.4, 0.5) is 0 Å². The summed E-state index contributed by atoms with van der Waals surface area (Å²) in [5.41, 5.74) is 1.41. The van der Waals surface area contributed by atoms with Crippen LogP contribution in [-0.2, 0) is 11.3 Å². The molecule has 1 fully saturated rings. The molecule has 88 valence electrons. The average Bonchev–Trinajstić information content (AvgIpc) is 2.30. The van der Waals surface area contributed by atoms with Crippen LogP contribution in [0.5, 0.6) is 0 Å². The van der Waals surface area contributed by atoms with Gasteiger partial charge >= 0.3 is 0 Å². The smallest absolute Gasteiger partial charge is 0.193 e. The van der Waals surface area contributed by atoms with E-state index in [2.05, 4.69) is 44.3 Å². The highest BCUT2D eigenvalue weighted by Gasteiger charge is 2.35. The van der Waals surface area contributed by atoms with Crippen molar-refractivity contribution in [1.29, 1.82) is 0 Å². The summed E-state index contributed by atoms with van der Waals surface area (Å²) in [6.07, 6.45) is 2.65. The van der Waals surface area contributed by atoms with Gasteiger partial charge in [-0.1, -0.05) is 37.3 Å². The summed E-state index contributed by atoms with van der Waals surface area (Å²) >= 11 is 0. The summed E-state index contributed by atoms with van der Waals surface area (Å²) in [7, 11) is 2.32. The number of hydrogen-bond donors (Lipinski definition) is 0. The minimum atomic E-state index is 0.369. The number of nitrogens with zero attached hydrogens (tertiary/aromatic N) is 1. The van der Waals surface area contributed by atoms with Crippen molar-refractivity contribution in [2.45, 2.75) is 32.5 Å². The lowest BCUT2D eigenvalue weighted by atomic mass is 10.1. The van der Waals surface area contributed by atoms with Crippen molar-refractivity contribution in [3.63, 3.8) is 0 Å². The van der Waals surface area contributed by atoms with Gasteiger partial charge in [-0.2, -0.15) is 0 Å². The molecule has 2 atom stereocenters. The molecule has 1 aromatic rings. The van der Waals surface area contributed by atoms with E-state index >= 15 is 0 Å². The van der Waals surface area contributed by atoms with E-state index in [-0.39, 0.29) is 0 Å². The molecule has 0 saturated carbocycles. The number of rotatable bonds is 3. The zero-order valence-corrected chi connectivity index (χ0v) is 10.4. The molecule has 0 bridgehead atoms. The lowest BCUT2D eigenvalue weighted by Gasteiger charge is -2.44. The first kappa shape index (κ1) is 11.6. The second kappa shape index (κ2) is 4.98. The summed E-state index contributed by atoms with van der Waals surface area (Å²) < 4.78 is 6.92. The molecule has 1 heterocycles. The van der Waals surface area contributed by atoms with E-state index in [4.69, 9.17) is 4.74 Å². The van der Waals surface area contributed by atoms with E-state index in [1.54, 1.807) is 0 Å². The molecule has 0 spiro atoms. The van der Waals surface area contributed by atoms with Crippen LogP contribution in [0.3, 0.4) is 0 Å². The van der Waals surface area contributed by atoms with Crippen molar-refractivity contribution >= 4 is 0 Å². The quantitative estimate of drug-likeness (QED) is 0.712. The fraction of sp³-hybridized carbons (Fsp3) is 0.571. The average molecular weight is 220 g/mol. The Kier molecular flexibility index (Phi) is 3.62. The maximum absolute atomic E-state index is 5.89. The van der Waals surface area contributed by atoms with Gasteiger partial charge in [0.25, 0.3) is 0 Å². The molecule has 1 aliphatic rings. The summed E-state index contributed by atoms with van der Waals surface area (Å²) in [6, 6.07) is 10.7. The number of hydrogen-bond acceptors (Lipinski definition) is 1. The van der Waals surface area contributed by atoms with E-state index in [0.717, 1.165) is 24.1 Å². The molecule has 0 aromatic heterocycles. The van der Waals surface area contributed by atoms with E-state index in [9.17, 15) is 0 Å². The second-order valence-corrected chi connectivity index (χ2v) is 4.93. The zero-order chi connectivity index (χ0) is 11.4. The van der Waals surface area contributed by atoms with Gasteiger partial charge in [-0.05, 0) is 0 Å². The molecule has 2 nitrogen and oxygen atoms in total.